The number of hydrogen-bond donors (Lipinski definition) is 0. The summed E-state index contributed by atoms with van der Waals surface area (Å²) in [7, 11) is 1.47. The Hall–Kier alpha value is -0.550. The van der Waals surface area contributed by atoms with Crippen molar-refractivity contribution in [3.05, 3.63) is 11.8 Å². The molecule has 6 heteroatoms. The molecular weight excluding hydrogens is 212 g/mol. The van der Waals surface area contributed by atoms with Crippen LogP contribution in [0, 0.1) is 6.92 Å². The Bertz CT molecular complexity index is 408. The van der Waals surface area contributed by atoms with Crippen molar-refractivity contribution in [2.24, 2.45) is 0 Å². The van der Waals surface area contributed by atoms with E-state index in [-0.39, 0.29) is 11.1 Å². The van der Waals surface area contributed by atoms with Crippen LogP contribution in [0.5, 0.6) is 0 Å². The average molecular weight is 223 g/mol. The molecule has 1 rings (SSSR count). The third kappa shape index (κ3) is 2.22. The first-order valence-electron chi connectivity index (χ1n) is 3.83. The lowest BCUT2D eigenvalue weighted by Crippen LogP contribution is -2.02. The summed E-state index contributed by atoms with van der Waals surface area (Å²) in [6, 6.07) is 0.130. The molecule has 0 aliphatic carbocycles. The van der Waals surface area contributed by atoms with Gasteiger partial charge in [0.25, 0.3) is 9.05 Å². The lowest BCUT2D eigenvalue weighted by Gasteiger charge is -2.02. The van der Waals surface area contributed by atoms with Gasteiger partial charge in [0.2, 0.25) is 0 Å². The highest BCUT2D eigenvalue weighted by Gasteiger charge is 2.18. The average Bonchev–Trinajstić information content (AvgIpc) is 2.29. The summed E-state index contributed by atoms with van der Waals surface area (Å²) in [5.41, 5.74) is 0.573. The lowest BCUT2D eigenvalue weighted by atomic mass is 10.4. The van der Waals surface area contributed by atoms with Gasteiger partial charge in [-0.25, -0.2) is 8.42 Å². The second-order valence-corrected chi connectivity index (χ2v) is 5.61. The Balaban J connectivity index is 3.27. The first-order valence-corrected chi connectivity index (χ1v) is 6.13. The quantitative estimate of drug-likeness (QED) is 0.716. The van der Waals surface area contributed by atoms with E-state index in [9.17, 15) is 8.42 Å². The highest BCUT2D eigenvalue weighted by Crippen LogP contribution is 2.18. The highest BCUT2D eigenvalue weighted by atomic mass is 35.7. The van der Waals surface area contributed by atoms with Gasteiger partial charge in [0.05, 0.1) is 0 Å². The number of aromatic nitrogens is 2. The van der Waals surface area contributed by atoms with Crippen molar-refractivity contribution in [3.8, 4) is 0 Å². The van der Waals surface area contributed by atoms with Crippen LogP contribution in [0.15, 0.2) is 11.2 Å². The molecule has 0 atom stereocenters. The first-order chi connectivity index (χ1) is 5.82. The minimum absolute atomic E-state index is 0.0529. The lowest BCUT2D eigenvalue weighted by molar-refractivity contribution is 0.517. The fraction of sp³-hybridized carbons (Fsp3) is 0.571. The van der Waals surface area contributed by atoms with Crippen molar-refractivity contribution < 1.29 is 8.42 Å². The van der Waals surface area contributed by atoms with Crippen LogP contribution in [0.25, 0.3) is 0 Å². The molecule has 0 saturated heterocycles. The summed E-state index contributed by atoms with van der Waals surface area (Å²) in [6.45, 7) is 5.50. The Labute approximate surface area is 81.9 Å². The summed E-state index contributed by atoms with van der Waals surface area (Å²) < 4.78 is 23.5. The summed E-state index contributed by atoms with van der Waals surface area (Å²) in [5, 5.41) is 3.82. The minimum Gasteiger partial charge on any atom is -0.269 e. The van der Waals surface area contributed by atoms with Crippen LogP contribution >= 0.6 is 10.7 Å². The van der Waals surface area contributed by atoms with E-state index in [1.807, 2.05) is 13.8 Å². The zero-order valence-electron chi connectivity index (χ0n) is 7.65. The van der Waals surface area contributed by atoms with Gasteiger partial charge in [0.1, 0.15) is 0 Å². The molecule has 0 aromatic carbocycles. The molecule has 0 unspecified atom stereocenters. The molecule has 13 heavy (non-hydrogen) atoms. The maximum atomic E-state index is 11.0. The predicted octanol–water partition coefficient (Wildman–Crippen LogP) is 1.70. The van der Waals surface area contributed by atoms with Gasteiger partial charge < -0.3 is 0 Å². The van der Waals surface area contributed by atoms with Crippen LogP contribution in [0.1, 0.15) is 25.5 Å². The molecule has 74 valence electrons. The van der Waals surface area contributed by atoms with E-state index in [2.05, 4.69) is 5.10 Å². The number of aryl methyl sites for hydroxylation is 1. The summed E-state index contributed by atoms with van der Waals surface area (Å²) in [5.74, 6) is 0. The molecule has 1 heterocycles. The van der Waals surface area contributed by atoms with E-state index in [1.165, 1.54) is 0 Å². The molecule has 4 nitrogen and oxygen atoms in total. The van der Waals surface area contributed by atoms with Crippen LogP contribution in [0.4, 0.5) is 0 Å². The van der Waals surface area contributed by atoms with Crippen LogP contribution in [0.3, 0.4) is 0 Å². The molecule has 1 aromatic heterocycles. The third-order valence-corrected chi connectivity index (χ3v) is 2.93. The summed E-state index contributed by atoms with van der Waals surface area (Å²) in [6.07, 6.45) is 1.67. The van der Waals surface area contributed by atoms with Crippen molar-refractivity contribution in [3.63, 3.8) is 0 Å². The largest absolute Gasteiger partial charge is 0.280 e. The first kappa shape index (κ1) is 10.5. The van der Waals surface area contributed by atoms with Gasteiger partial charge in [-0.1, -0.05) is 0 Å². The standard InChI is InChI=1S/C7H11ClN2O2S/c1-5(2)10-4-6(3)7(9-10)13(8,11)12/h4-5H,1-3H3. The van der Waals surface area contributed by atoms with E-state index in [0.717, 1.165) is 0 Å². The summed E-state index contributed by atoms with van der Waals surface area (Å²) in [4.78, 5) is 0. The van der Waals surface area contributed by atoms with Gasteiger partial charge in [-0.05, 0) is 20.8 Å². The predicted molar refractivity (Wildman–Crippen MR) is 50.4 cm³/mol. The molecular formula is C7H11ClN2O2S. The molecule has 0 aliphatic heterocycles. The van der Waals surface area contributed by atoms with Gasteiger partial charge >= 0.3 is 0 Å². The molecule has 0 amide bonds. The normalized spacial score (nSPS) is 12.4. The van der Waals surface area contributed by atoms with Crippen LogP contribution in [-0.4, -0.2) is 18.2 Å². The minimum atomic E-state index is -3.71. The van der Waals surface area contributed by atoms with E-state index in [0.29, 0.717) is 5.56 Å². The van der Waals surface area contributed by atoms with E-state index in [1.54, 1.807) is 17.8 Å². The van der Waals surface area contributed by atoms with Crippen molar-refractivity contribution in [1.29, 1.82) is 0 Å². The molecule has 0 bridgehead atoms. The van der Waals surface area contributed by atoms with E-state index in [4.69, 9.17) is 10.7 Å². The monoisotopic (exact) mass is 222 g/mol. The molecule has 0 N–H and O–H groups in total. The summed E-state index contributed by atoms with van der Waals surface area (Å²) >= 11 is 0. The smallest absolute Gasteiger partial charge is 0.269 e. The maximum Gasteiger partial charge on any atom is 0.280 e. The van der Waals surface area contributed by atoms with Crippen LogP contribution in [-0.2, 0) is 9.05 Å². The van der Waals surface area contributed by atoms with Crippen molar-refractivity contribution in [1.82, 2.24) is 9.78 Å². The highest BCUT2D eigenvalue weighted by molar-refractivity contribution is 8.13. The second-order valence-electron chi connectivity index (χ2n) is 3.13. The van der Waals surface area contributed by atoms with Crippen LogP contribution < -0.4 is 0 Å². The fourth-order valence-corrected chi connectivity index (χ4v) is 2.06. The molecule has 0 aliphatic rings. The molecule has 0 saturated carbocycles. The Morgan fingerprint density at radius 3 is 2.31 bits per heavy atom. The number of halogens is 1. The molecule has 0 radical (unpaired) electrons. The Morgan fingerprint density at radius 1 is 1.54 bits per heavy atom. The van der Waals surface area contributed by atoms with Gasteiger partial charge in [-0.15, -0.1) is 0 Å². The van der Waals surface area contributed by atoms with E-state index >= 15 is 0 Å². The zero-order valence-corrected chi connectivity index (χ0v) is 9.22. The molecule has 0 spiro atoms. The topological polar surface area (TPSA) is 52.0 Å². The number of nitrogens with zero attached hydrogens (tertiary/aromatic N) is 2. The maximum absolute atomic E-state index is 11.0. The van der Waals surface area contributed by atoms with Crippen molar-refractivity contribution in [2.45, 2.75) is 31.8 Å². The second kappa shape index (κ2) is 3.31. The SMILES string of the molecule is Cc1cn(C(C)C)nc1S(=O)(=O)Cl. The third-order valence-electron chi connectivity index (χ3n) is 1.63. The van der Waals surface area contributed by atoms with Crippen molar-refractivity contribution >= 4 is 19.7 Å². The number of hydrogen-bond acceptors (Lipinski definition) is 3. The fourth-order valence-electron chi connectivity index (χ4n) is 0.972. The molecule has 1 aromatic rings. The van der Waals surface area contributed by atoms with Gasteiger partial charge in [0, 0.05) is 28.5 Å². The number of rotatable bonds is 2. The Morgan fingerprint density at radius 2 is 2.08 bits per heavy atom. The van der Waals surface area contributed by atoms with E-state index < -0.39 is 9.05 Å². The van der Waals surface area contributed by atoms with Gasteiger partial charge in [-0.3, -0.25) is 4.68 Å². The molecule has 0 fully saturated rings. The van der Waals surface area contributed by atoms with Gasteiger partial charge in [-0.2, -0.15) is 5.10 Å². The van der Waals surface area contributed by atoms with Crippen molar-refractivity contribution in [2.75, 3.05) is 0 Å². The zero-order chi connectivity index (χ0) is 10.2. The van der Waals surface area contributed by atoms with Gasteiger partial charge in [0.15, 0.2) is 5.03 Å². The Kier molecular flexibility index (Phi) is 2.68. The van der Waals surface area contributed by atoms with Crippen LogP contribution in [0.2, 0.25) is 0 Å².